The first kappa shape index (κ1) is 81.4. The first-order valence-corrected chi connectivity index (χ1v) is 36.5. The Hall–Kier alpha value is -2.60. The van der Waals surface area contributed by atoms with Crippen LogP contribution in [0.4, 0.5) is 9.59 Å². The molecule has 84 heavy (non-hydrogen) atoms. The van der Waals surface area contributed by atoms with Crippen LogP contribution in [0, 0.1) is 11.8 Å². The lowest BCUT2D eigenvalue weighted by atomic mass is 9.95. The Kier molecular flexibility index (Phi) is 61.5. The molecule has 0 aromatic heterocycles. The molecule has 0 spiro atoms. The van der Waals surface area contributed by atoms with Crippen LogP contribution in [0.1, 0.15) is 351 Å². The predicted molar refractivity (Wildman–Crippen MR) is 352 cm³/mol. The van der Waals surface area contributed by atoms with Crippen molar-refractivity contribution in [1.29, 1.82) is 0 Å². The summed E-state index contributed by atoms with van der Waals surface area (Å²) in [6, 6.07) is 0. The third kappa shape index (κ3) is 54.8. The van der Waals surface area contributed by atoms with Gasteiger partial charge in [-0.25, -0.2) is 9.59 Å². The average molecular weight is 1190 g/mol. The monoisotopic (exact) mass is 1190 g/mol. The molecule has 12 nitrogen and oxygen atoms in total. The Morgan fingerprint density at radius 1 is 0.286 bits per heavy atom. The quantitative estimate of drug-likeness (QED) is 0.0326. The van der Waals surface area contributed by atoms with Gasteiger partial charge in [0.1, 0.15) is 25.4 Å². The van der Waals surface area contributed by atoms with Gasteiger partial charge >= 0.3 is 24.2 Å². The molecule has 0 aliphatic carbocycles. The number of nitrogens with zero attached hydrogens (tertiary/aromatic N) is 2. The lowest BCUT2D eigenvalue weighted by Gasteiger charge is -2.26. The van der Waals surface area contributed by atoms with E-state index < -0.39 is 12.3 Å². The fourth-order valence-corrected chi connectivity index (χ4v) is 11.5. The molecule has 498 valence electrons. The van der Waals surface area contributed by atoms with Gasteiger partial charge in [-0.05, 0) is 115 Å². The minimum atomic E-state index is -0.604. The topological polar surface area (TPSA) is 130 Å². The van der Waals surface area contributed by atoms with Gasteiger partial charge in [0.25, 0.3) is 0 Å². The maximum atomic E-state index is 13.2. The van der Waals surface area contributed by atoms with E-state index in [4.69, 9.17) is 28.4 Å². The van der Waals surface area contributed by atoms with E-state index in [1.807, 2.05) is 0 Å². The van der Waals surface area contributed by atoms with E-state index in [2.05, 4.69) is 65.2 Å². The van der Waals surface area contributed by atoms with Gasteiger partial charge in [0, 0.05) is 39.0 Å². The van der Waals surface area contributed by atoms with Crippen LogP contribution < -0.4 is 0 Å². The summed E-state index contributed by atoms with van der Waals surface area (Å²) in [7, 11) is 0. The average Bonchev–Trinajstić information content (AvgIpc) is 3.49. The second-order valence-corrected chi connectivity index (χ2v) is 25.1. The highest BCUT2D eigenvalue weighted by atomic mass is 16.7. The second-order valence-electron chi connectivity index (χ2n) is 25.1. The van der Waals surface area contributed by atoms with E-state index in [1.165, 1.54) is 141 Å². The van der Waals surface area contributed by atoms with E-state index in [0.717, 1.165) is 167 Å². The van der Waals surface area contributed by atoms with Crippen LogP contribution in [0.5, 0.6) is 0 Å². The van der Waals surface area contributed by atoms with Crippen molar-refractivity contribution < 1.29 is 47.6 Å². The van der Waals surface area contributed by atoms with Crippen molar-refractivity contribution in [2.75, 3.05) is 65.7 Å². The third-order valence-electron chi connectivity index (χ3n) is 17.3. The van der Waals surface area contributed by atoms with Gasteiger partial charge in [-0.2, -0.15) is 0 Å². The molecule has 0 rings (SSSR count). The zero-order valence-corrected chi connectivity index (χ0v) is 56.9. The molecule has 0 saturated heterocycles. The normalized spacial score (nSPS) is 12.4. The summed E-state index contributed by atoms with van der Waals surface area (Å²) in [5, 5.41) is 0. The van der Waals surface area contributed by atoms with Gasteiger partial charge in [-0.1, -0.05) is 248 Å². The fourth-order valence-electron chi connectivity index (χ4n) is 11.5. The smallest absolute Gasteiger partial charge is 0.465 e. The number of unbranched alkanes of at least 4 members (excludes halogenated alkanes) is 28. The second kappa shape index (κ2) is 63.4. The van der Waals surface area contributed by atoms with Crippen molar-refractivity contribution in [3.8, 4) is 0 Å². The summed E-state index contributed by atoms with van der Waals surface area (Å²) in [5.41, 5.74) is 0. The summed E-state index contributed by atoms with van der Waals surface area (Å²) in [6.45, 7) is 23.8. The number of likely N-dealkylation sites (N-methyl/N-ethyl adjacent to an activating group) is 1. The van der Waals surface area contributed by atoms with Crippen LogP contribution >= 0.6 is 0 Å². The number of carbonyl (C=O) groups excluding carboxylic acids is 4. The molecule has 0 aliphatic rings. The van der Waals surface area contributed by atoms with Crippen LogP contribution in [0.15, 0.2) is 0 Å². The van der Waals surface area contributed by atoms with Crippen molar-refractivity contribution in [2.24, 2.45) is 11.8 Å². The highest BCUT2D eigenvalue weighted by Gasteiger charge is 2.20. The highest BCUT2D eigenvalue weighted by Crippen LogP contribution is 2.23. The Labute approximate surface area is 519 Å². The first-order chi connectivity index (χ1) is 41.1. The maximum Gasteiger partial charge on any atom is 0.508 e. The zero-order chi connectivity index (χ0) is 61.6. The van der Waals surface area contributed by atoms with Crippen molar-refractivity contribution in [1.82, 2.24) is 9.80 Å². The standard InChI is InChI=1S/C72H140N2O10/c1-9-17-23-37-47-65(48-38-24-18-10-2)63-81-69(75)55-45-35-31-29-33-43-53-67(51-41-27-21-13-5)83-71(77)79-61-59-74(58-57-73(15-7)16-8)60-62-80-72(78)84-68(52-42-28-22-14-6)54-44-34-30-32-36-46-56-70(76)82-64-66(49-39-25-19-11-3)50-40-26-20-12-4/h65-68H,9-64H2,1-8H3. The number of esters is 2. The Morgan fingerprint density at radius 2 is 0.548 bits per heavy atom. The Morgan fingerprint density at radius 3 is 0.845 bits per heavy atom. The summed E-state index contributed by atoms with van der Waals surface area (Å²) in [6.07, 6.45) is 49.1. The van der Waals surface area contributed by atoms with Crippen molar-refractivity contribution in [3.63, 3.8) is 0 Å². The van der Waals surface area contributed by atoms with Gasteiger partial charge in [0.2, 0.25) is 0 Å². The lowest BCUT2D eigenvalue weighted by Crippen LogP contribution is -2.39. The molecule has 2 atom stereocenters. The molecule has 0 N–H and O–H groups in total. The molecular formula is C72H140N2O10. The van der Waals surface area contributed by atoms with E-state index in [9.17, 15) is 19.2 Å². The largest absolute Gasteiger partial charge is 0.508 e. The molecular weight excluding hydrogens is 1050 g/mol. The van der Waals surface area contributed by atoms with Gasteiger partial charge in [-0.15, -0.1) is 0 Å². The minimum absolute atomic E-state index is 0.0367. The molecule has 0 saturated carbocycles. The number of carbonyl (C=O) groups is 4. The molecule has 0 aromatic carbocycles. The fraction of sp³-hybridized carbons (Fsp3) is 0.944. The number of hydrogen-bond acceptors (Lipinski definition) is 12. The van der Waals surface area contributed by atoms with Gasteiger partial charge in [0.05, 0.1) is 13.2 Å². The SMILES string of the molecule is CCCCCCC(CCCCCC)COC(=O)CCCCCCCCC(CCCCCC)OC(=O)OCCN(CCOC(=O)OC(CCCCCC)CCCCCCCCC(=O)OCC(CCCCCC)CCCCCC)CCN(CC)CC. The van der Waals surface area contributed by atoms with Crippen LogP contribution in [0.25, 0.3) is 0 Å². The molecule has 0 amide bonds. The summed E-state index contributed by atoms with van der Waals surface area (Å²) >= 11 is 0. The Balaban J connectivity index is 4.95. The van der Waals surface area contributed by atoms with E-state index in [1.54, 1.807) is 0 Å². The molecule has 12 heteroatoms. The third-order valence-corrected chi connectivity index (χ3v) is 17.3. The number of hydrogen-bond donors (Lipinski definition) is 0. The Bertz CT molecular complexity index is 1310. The maximum absolute atomic E-state index is 13.2. The number of rotatable bonds is 65. The number of ether oxygens (including phenoxy) is 6. The van der Waals surface area contributed by atoms with Gasteiger partial charge in [-0.3, -0.25) is 14.5 Å². The molecule has 0 radical (unpaired) electrons. The molecule has 0 aliphatic heterocycles. The van der Waals surface area contributed by atoms with Gasteiger partial charge < -0.3 is 33.3 Å². The van der Waals surface area contributed by atoms with Gasteiger partial charge in [0.15, 0.2) is 0 Å². The summed E-state index contributed by atoms with van der Waals surface area (Å²) in [5.74, 6) is 0.929. The van der Waals surface area contributed by atoms with Crippen LogP contribution in [-0.4, -0.2) is 112 Å². The molecule has 0 heterocycles. The van der Waals surface area contributed by atoms with Crippen molar-refractivity contribution in [3.05, 3.63) is 0 Å². The van der Waals surface area contributed by atoms with Crippen LogP contribution in [-0.2, 0) is 38.0 Å². The minimum Gasteiger partial charge on any atom is -0.465 e. The highest BCUT2D eigenvalue weighted by molar-refractivity contribution is 5.69. The van der Waals surface area contributed by atoms with Crippen LogP contribution in [0.2, 0.25) is 0 Å². The van der Waals surface area contributed by atoms with E-state index in [0.29, 0.717) is 51.0 Å². The summed E-state index contributed by atoms with van der Waals surface area (Å²) in [4.78, 5) is 56.2. The molecule has 0 bridgehead atoms. The molecule has 0 fully saturated rings. The van der Waals surface area contributed by atoms with Crippen molar-refractivity contribution >= 4 is 24.2 Å². The first-order valence-electron chi connectivity index (χ1n) is 36.5. The van der Waals surface area contributed by atoms with Crippen molar-refractivity contribution in [2.45, 2.75) is 363 Å². The van der Waals surface area contributed by atoms with Crippen LogP contribution in [0.3, 0.4) is 0 Å². The molecule has 0 aromatic rings. The molecule has 2 unspecified atom stereocenters. The lowest BCUT2D eigenvalue weighted by molar-refractivity contribution is -0.146. The predicted octanol–water partition coefficient (Wildman–Crippen LogP) is 21.1. The van der Waals surface area contributed by atoms with E-state index >= 15 is 0 Å². The zero-order valence-electron chi connectivity index (χ0n) is 56.9. The summed E-state index contributed by atoms with van der Waals surface area (Å²) < 4.78 is 35.0. The van der Waals surface area contributed by atoms with E-state index in [-0.39, 0.29) is 37.4 Å².